The number of rotatable bonds is 3. The Bertz CT molecular complexity index is 326. The zero-order valence-electron chi connectivity index (χ0n) is 12.6. The van der Waals surface area contributed by atoms with E-state index in [1.807, 2.05) is 34.6 Å². The summed E-state index contributed by atoms with van der Waals surface area (Å²) in [6.07, 6.45) is 0.246. The normalized spacial score (nSPS) is 24.4. The highest BCUT2D eigenvalue weighted by molar-refractivity contribution is 5.70. The first kappa shape index (κ1) is 16.2. The van der Waals surface area contributed by atoms with Crippen molar-refractivity contribution in [3.8, 4) is 0 Å². The number of carbonyl (C=O) groups is 1. The third-order valence-corrected chi connectivity index (χ3v) is 3.10. The Balaban J connectivity index is 2.87. The van der Waals surface area contributed by atoms with Gasteiger partial charge >= 0.3 is 6.09 Å². The molecule has 0 aromatic carbocycles. The molecule has 0 bridgehead atoms. The van der Waals surface area contributed by atoms with E-state index in [0.717, 1.165) is 0 Å². The third-order valence-electron chi connectivity index (χ3n) is 3.10. The first-order chi connectivity index (χ1) is 8.58. The molecule has 2 atom stereocenters. The molecule has 0 spiro atoms. The van der Waals surface area contributed by atoms with E-state index in [0.29, 0.717) is 19.6 Å². The number of hydrogen-bond donors (Lipinski definition) is 2. The first-order valence-electron chi connectivity index (χ1n) is 6.70. The van der Waals surface area contributed by atoms with Crippen LogP contribution in [0.1, 0.15) is 41.0 Å². The van der Waals surface area contributed by atoms with Crippen LogP contribution in [-0.2, 0) is 9.47 Å². The zero-order valence-corrected chi connectivity index (χ0v) is 12.6. The van der Waals surface area contributed by atoms with E-state index in [-0.39, 0.29) is 12.1 Å². The van der Waals surface area contributed by atoms with E-state index >= 15 is 0 Å². The average Bonchev–Trinajstić information content (AvgIpc) is 2.51. The standard InChI is InChI=1S/C13H27N3O3/c1-12(2,3)19-11(17)16-10(9(15)6-7-14)8-18-13(16,4)5/h9-10H,6-8,14-15H2,1-5H3/t9-,10-/m1/s1. The Morgan fingerprint density at radius 1 is 1.53 bits per heavy atom. The highest BCUT2D eigenvalue weighted by Crippen LogP contribution is 2.30. The molecule has 1 rings (SSSR count). The number of ether oxygens (including phenoxy) is 2. The zero-order chi connectivity index (χ0) is 14.8. The molecule has 1 amide bonds. The molecule has 19 heavy (non-hydrogen) atoms. The Hall–Kier alpha value is -0.850. The van der Waals surface area contributed by atoms with E-state index in [1.54, 1.807) is 4.90 Å². The second-order valence-corrected chi connectivity index (χ2v) is 6.42. The number of nitrogens with zero attached hydrogens (tertiary/aromatic N) is 1. The van der Waals surface area contributed by atoms with Gasteiger partial charge in [-0.3, -0.25) is 4.90 Å². The summed E-state index contributed by atoms with van der Waals surface area (Å²) in [5.41, 5.74) is 10.4. The van der Waals surface area contributed by atoms with Crippen LogP contribution in [0, 0.1) is 0 Å². The summed E-state index contributed by atoms with van der Waals surface area (Å²) in [7, 11) is 0. The number of amides is 1. The van der Waals surface area contributed by atoms with Crippen molar-refractivity contribution in [3.05, 3.63) is 0 Å². The molecule has 112 valence electrons. The SMILES string of the molecule is CC(C)(C)OC(=O)N1[C@@H]([C@H](N)CCN)COC1(C)C. The van der Waals surface area contributed by atoms with E-state index in [1.165, 1.54) is 0 Å². The van der Waals surface area contributed by atoms with Gasteiger partial charge in [0.1, 0.15) is 11.3 Å². The molecule has 0 aromatic heterocycles. The minimum atomic E-state index is -0.709. The molecule has 1 fully saturated rings. The van der Waals surface area contributed by atoms with Gasteiger partial charge < -0.3 is 20.9 Å². The predicted octanol–water partition coefficient (Wildman–Crippen LogP) is 1.03. The Kier molecular flexibility index (Phi) is 4.81. The minimum Gasteiger partial charge on any atom is -0.444 e. The van der Waals surface area contributed by atoms with Gasteiger partial charge in [0.15, 0.2) is 0 Å². The van der Waals surface area contributed by atoms with Crippen LogP contribution in [0.5, 0.6) is 0 Å². The summed E-state index contributed by atoms with van der Waals surface area (Å²) in [6.45, 7) is 10.1. The molecule has 0 saturated carbocycles. The van der Waals surface area contributed by atoms with Crippen LogP contribution in [0.3, 0.4) is 0 Å². The lowest BCUT2D eigenvalue weighted by atomic mass is 10.0. The van der Waals surface area contributed by atoms with Crippen LogP contribution in [0.2, 0.25) is 0 Å². The molecule has 1 heterocycles. The molecule has 0 aliphatic carbocycles. The summed E-state index contributed by atoms with van der Waals surface area (Å²) in [5, 5.41) is 0. The lowest BCUT2D eigenvalue weighted by Gasteiger charge is -2.36. The molecule has 6 heteroatoms. The maximum absolute atomic E-state index is 12.3. The third kappa shape index (κ3) is 4.06. The first-order valence-corrected chi connectivity index (χ1v) is 6.70. The van der Waals surface area contributed by atoms with Gasteiger partial charge in [0, 0.05) is 6.04 Å². The average molecular weight is 273 g/mol. The van der Waals surface area contributed by atoms with Gasteiger partial charge in [-0.1, -0.05) is 0 Å². The van der Waals surface area contributed by atoms with Crippen molar-refractivity contribution in [2.45, 2.75) is 64.4 Å². The molecule has 1 aliphatic heterocycles. The Morgan fingerprint density at radius 3 is 2.58 bits per heavy atom. The maximum atomic E-state index is 12.3. The maximum Gasteiger partial charge on any atom is 0.412 e. The van der Waals surface area contributed by atoms with Gasteiger partial charge in [0.25, 0.3) is 0 Å². The van der Waals surface area contributed by atoms with Crippen molar-refractivity contribution < 1.29 is 14.3 Å². The fourth-order valence-electron chi connectivity index (χ4n) is 2.20. The number of carbonyl (C=O) groups excluding carboxylic acids is 1. The van der Waals surface area contributed by atoms with Crippen LogP contribution in [-0.4, -0.2) is 47.6 Å². The van der Waals surface area contributed by atoms with Gasteiger partial charge in [0.05, 0.1) is 12.6 Å². The van der Waals surface area contributed by atoms with Gasteiger partial charge in [0.2, 0.25) is 0 Å². The highest BCUT2D eigenvalue weighted by atomic mass is 16.6. The van der Waals surface area contributed by atoms with Crippen molar-refractivity contribution in [3.63, 3.8) is 0 Å². The Morgan fingerprint density at radius 2 is 2.11 bits per heavy atom. The molecule has 0 radical (unpaired) electrons. The fourth-order valence-corrected chi connectivity index (χ4v) is 2.20. The molecular formula is C13H27N3O3. The highest BCUT2D eigenvalue weighted by Gasteiger charge is 2.47. The molecule has 1 aliphatic rings. The monoisotopic (exact) mass is 273 g/mol. The smallest absolute Gasteiger partial charge is 0.412 e. The second kappa shape index (κ2) is 5.64. The van der Waals surface area contributed by atoms with Crippen molar-refractivity contribution in [1.29, 1.82) is 0 Å². The molecule has 1 saturated heterocycles. The summed E-state index contributed by atoms with van der Waals surface area (Å²) in [6, 6.07) is -0.410. The van der Waals surface area contributed by atoms with Crippen LogP contribution in [0.25, 0.3) is 0 Å². The molecule has 0 aromatic rings. The summed E-state index contributed by atoms with van der Waals surface area (Å²) >= 11 is 0. The van der Waals surface area contributed by atoms with Crippen molar-refractivity contribution in [2.24, 2.45) is 11.5 Å². The van der Waals surface area contributed by atoms with Gasteiger partial charge in [-0.15, -0.1) is 0 Å². The van der Waals surface area contributed by atoms with Crippen molar-refractivity contribution >= 4 is 6.09 Å². The lowest BCUT2D eigenvalue weighted by Crippen LogP contribution is -2.55. The van der Waals surface area contributed by atoms with Crippen LogP contribution in [0.4, 0.5) is 4.79 Å². The molecule has 6 nitrogen and oxygen atoms in total. The predicted molar refractivity (Wildman–Crippen MR) is 73.5 cm³/mol. The molecule has 4 N–H and O–H groups in total. The lowest BCUT2D eigenvalue weighted by molar-refractivity contribution is -0.0632. The molecular weight excluding hydrogens is 246 g/mol. The quantitative estimate of drug-likeness (QED) is 0.801. The summed E-state index contributed by atoms with van der Waals surface area (Å²) in [5.74, 6) is 0. The van der Waals surface area contributed by atoms with Gasteiger partial charge in [-0.2, -0.15) is 0 Å². The summed E-state index contributed by atoms with van der Waals surface area (Å²) < 4.78 is 11.1. The van der Waals surface area contributed by atoms with Crippen molar-refractivity contribution in [2.75, 3.05) is 13.2 Å². The van der Waals surface area contributed by atoms with E-state index in [2.05, 4.69) is 0 Å². The van der Waals surface area contributed by atoms with Crippen molar-refractivity contribution in [1.82, 2.24) is 4.90 Å². The fraction of sp³-hybridized carbons (Fsp3) is 0.923. The largest absolute Gasteiger partial charge is 0.444 e. The van der Waals surface area contributed by atoms with E-state index < -0.39 is 17.4 Å². The van der Waals surface area contributed by atoms with Crippen LogP contribution >= 0.6 is 0 Å². The minimum absolute atomic E-state index is 0.201. The van der Waals surface area contributed by atoms with Crippen LogP contribution < -0.4 is 11.5 Å². The van der Waals surface area contributed by atoms with Crippen LogP contribution in [0.15, 0.2) is 0 Å². The number of nitrogens with two attached hydrogens (primary N) is 2. The van der Waals surface area contributed by atoms with Gasteiger partial charge in [-0.25, -0.2) is 4.79 Å². The van der Waals surface area contributed by atoms with E-state index in [9.17, 15) is 4.79 Å². The Labute approximate surface area is 115 Å². The van der Waals surface area contributed by atoms with Gasteiger partial charge in [-0.05, 0) is 47.6 Å². The molecule has 0 unspecified atom stereocenters. The van der Waals surface area contributed by atoms with E-state index in [4.69, 9.17) is 20.9 Å². The second-order valence-electron chi connectivity index (χ2n) is 6.42. The summed E-state index contributed by atoms with van der Waals surface area (Å²) in [4.78, 5) is 13.9. The number of hydrogen-bond acceptors (Lipinski definition) is 5. The topological polar surface area (TPSA) is 90.8 Å².